The highest BCUT2D eigenvalue weighted by Gasteiger charge is 2.13. The lowest BCUT2D eigenvalue weighted by Gasteiger charge is -2.07. The van der Waals surface area contributed by atoms with Crippen molar-refractivity contribution in [3.05, 3.63) is 29.8 Å². The van der Waals surface area contributed by atoms with Gasteiger partial charge in [-0.25, -0.2) is 0 Å². The first-order valence-electron chi connectivity index (χ1n) is 9.67. The number of carbonyl (C=O) groups is 2. The van der Waals surface area contributed by atoms with E-state index in [0.29, 0.717) is 18.8 Å². The van der Waals surface area contributed by atoms with Gasteiger partial charge < -0.3 is 9.47 Å². The van der Waals surface area contributed by atoms with Crippen LogP contribution < -0.4 is 4.74 Å². The fourth-order valence-electron chi connectivity index (χ4n) is 3.02. The van der Waals surface area contributed by atoms with Gasteiger partial charge in [0.1, 0.15) is 12.2 Å². The smallest absolute Gasteiger partial charge is 0.313 e. The lowest BCUT2D eigenvalue weighted by Crippen LogP contribution is -2.12. The number of benzene rings is 1. The number of carbonyl (C=O) groups excluding carboxylic acids is 2. The third-order valence-electron chi connectivity index (χ3n) is 4.55. The lowest BCUT2D eigenvalue weighted by atomic mass is 10.1. The lowest BCUT2D eigenvalue weighted by molar-refractivity contribution is -0.142. The van der Waals surface area contributed by atoms with Gasteiger partial charge >= 0.3 is 5.97 Å². The number of ketones is 1. The molecule has 0 saturated heterocycles. The SMILES string of the molecule is O=C1CC(=O)c2ccc(cc2)OCCCCCCCCCCCCO1. The molecule has 0 aliphatic carbocycles. The number of esters is 1. The number of fused-ring (bicyclic) bond motifs is 18. The third kappa shape index (κ3) is 8.19. The Labute approximate surface area is 150 Å². The Bertz CT molecular complexity index is 521. The summed E-state index contributed by atoms with van der Waals surface area (Å²) in [7, 11) is 0. The van der Waals surface area contributed by atoms with Gasteiger partial charge in [-0.15, -0.1) is 0 Å². The van der Waals surface area contributed by atoms with Gasteiger partial charge in [-0.2, -0.15) is 0 Å². The molecule has 2 aliphatic heterocycles. The molecule has 3 rings (SSSR count). The molecule has 0 amide bonds. The van der Waals surface area contributed by atoms with Gasteiger partial charge in [0.05, 0.1) is 13.2 Å². The number of rotatable bonds is 0. The zero-order chi connectivity index (χ0) is 17.7. The molecule has 0 unspecified atom stereocenters. The third-order valence-corrected chi connectivity index (χ3v) is 4.55. The highest BCUT2D eigenvalue weighted by molar-refractivity contribution is 6.05. The maximum Gasteiger partial charge on any atom is 0.313 e. The van der Waals surface area contributed by atoms with Crippen molar-refractivity contribution in [1.29, 1.82) is 0 Å². The highest BCUT2D eigenvalue weighted by Crippen LogP contribution is 2.15. The highest BCUT2D eigenvalue weighted by atomic mass is 16.5. The standard InChI is InChI=1S/C21H30O4/c22-20-17-21(23)25-16-10-8-6-4-2-1-3-5-7-9-15-24-19-13-11-18(20)12-14-19/h11-14H,1-10,15-17H2. The second-order valence-electron chi connectivity index (χ2n) is 6.73. The number of hydrogen-bond donors (Lipinski definition) is 0. The fraction of sp³-hybridized carbons (Fsp3) is 0.619. The number of ether oxygens (including phenoxy) is 2. The largest absolute Gasteiger partial charge is 0.494 e. The minimum atomic E-state index is -0.434. The molecule has 0 aromatic heterocycles. The van der Waals surface area contributed by atoms with Crippen LogP contribution in [0, 0.1) is 0 Å². The molecule has 4 heteroatoms. The van der Waals surface area contributed by atoms with E-state index in [9.17, 15) is 9.59 Å². The van der Waals surface area contributed by atoms with Gasteiger partial charge in [-0.3, -0.25) is 9.59 Å². The van der Waals surface area contributed by atoms with E-state index in [1.807, 2.05) is 0 Å². The van der Waals surface area contributed by atoms with E-state index in [2.05, 4.69) is 0 Å². The van der Waals surface area contributed by atoms with Crippen LogP contribution in [0.5, 0.6) is 5.75 Å². The Morgan fingerprint density at radius 2 is 1.08 bits per heavy atom. The average molecular weight is 346 g/mol. The van der Waals surface area contributed by atoms with E-state index < -0.39 is 5.97 Å². The molecule has 2 aliphatic rings. The van der Waals surface area contributed by atoms with Gasteiger partial charge in [-0.05, 0) is 37.1 Å². The van der Waals surface area contributed by atoms with Crippen LogP contribution in [0.3, 0.4) is 0 Å². The van der Waals surface area contributed by atoms with Crippen molar-refractivity contribution < 1.29 is 19.1 Å². The van der Waals surface area contributed by atoms with E-state index in [1.165, 1.54) is 44.9 Å². The van der Waals surface area contributed by atoms with Gasteiger partial charge in [-0.1, -0.05) is 51.4 Å². The van der Waals surface area contributed by atoms with E-state index in [1.54, 1.807) is 24.3 Å². The van der Waals surface area contributed by atoms with Gasteiger partial charge in [0.25, 0.3) is 0 Å². The summed E-state index contributed by atoms with van der Waals surface area (Å²) in [5, 5.41) is 0. The molecular formula is C21H30O4. The predicted octanol–water partition coefficient (Wildman–Crippen LogP) is 5.10. The topological polar surface area (TPSA) is 52.6 Å². The van der Waals surface area contributed by atoms with Crippen LogP contribution >= 0.6 is 0 Å². The first-order chi connectivity index (χ1) is 12.3. The quantitative estimate of drug-likeness (QED) is 0.485. The molecule has 138 valence electrons. The van der Waals surface area contributed by atoms with Crippen molar-refractivity contribution in [3.63, 3.8) is 0 Å². The molecule has 0 spiro atoms. The molecule has 1 aromatic carbocycles. The second kappa shape index (κ2) is 11.7. The molecular weight excluding hydrogens is 316 g/mol. The van der Waals surface area contributed by atoms with Crippen LogP contribution in [0.4, 0.5) is 0 Å². The maximum atomic E-state index is 12.1. The Kier molecular flexibility index (Phi) is 9.09. The summed E-state index contributed by atoms with van der Waals surface area (Å²) in [6.45, 7) is 1.12. The first kappa shape index (κ1) is 19.5. The van der Waals surface area contributed by atoms with Crippen molar-refractivity contribution >= 4 is 11.8 Å². The minimum Gasteiger partial charge on any atom is -0.494 e. The van der Waals surface area contributed by atoms with E-state index in [-0.39, 0.29) is 12.2 Å². The van der Waals surface area contributed by atoms with Crippen LogP contribution in [0.15, 0.2) is 24.3 Å². The molecule has 4 nitrogen and oxygen atoms in total. The molecule has 0 N–H and O–H groups in total. The van der Waals surface area contributed by atoms with Crippen molar-refractivity contribution in [2.45, 2.75) is 70.6 Å². The number of hydrogen-bond acceptors (Lipinski definition) is 4. The van der Waals surface area contributed by atoms with Crippen LogP contribution in [0.1, 0.15) is 81.0 Å². The summed E-state index contributed by atoms with van der Waals surface area (Å²) in [6, 6.07) is 7.02. The van der Waals surface area contributed by atoms with Crippen molar-refractivity contribution in [1.82, 2.24) is 0 Å². The van der Waals surface area contributed by atoms with Gasteiger partial charge in [0, 0.05) is 5.56 Å². The van der Waals surface area contributed by atoms with Crippen LogP contribution in [-0.4, -0.2) is 25.0 Å². The Balaban J connectivity index is 1.85. The Hall–Kier alpha value is -1.84. The van der Waals surface area contributed by atoms with E-state index in [4.69, 9.17) is 9.47 Å². The Morgan fingerprint density at radius 3 is 1.64 bits per heavy atom. The van der Waals surface area contributed by atoms with E-state index >= 15 is 0 Å². The molecule has 0 radical (unpaired) electrons. The summed E-state index contributed by atoms with van der Waals surface area (Å²) in [4.78, 5) is 23.9. The molecule has 25 heavy (non-hydrogen) atoms. The molecule has 2 heterocycles. The number of Topliss-reactive ketones (excluding diaryl/α,β-unsaturated/α-hetero) is 1. The van der Waals surface area contributed by atoms with Gasteiger partial charge in [0.2, 0.25) is 0 Å². The summed E-state index contributed by atoms with van der Waals surface area (Å²) in [5.74, 6) is 0.128. The predicted molar refractivity (Wildman–Crippen MR) is 98.0 cm³/mol. The fourth-order valence-corrected chi connectivity index (χ4v) is 3.02. The summed E-state index contributed by atoms with van der Waals surface area (Å²) >= 11 is 0. The monoisotopic (exact) mass is 346 g/mol. The molecule has 1 aromatic rings. The zero-order valence-corrected chi connectivity index (χ0v) is 15.1. The van der Waals surface area contributed by atoms with Crippen LogP contribution in [-0.2, 0) is 9.53 Å². The summed E-state index contributed by atoms with van der Waals surface area (Å²) < 4.78 is 10.9. The van der Waals surface area contributed by atoms with Crippen LogP contribution in [0.25, 0.3) is 0 Å². The first-order valence-corrected chi connectivity index (χ1v) is 9.67. The molecule has 0 saturated carbocycles. The molecule has 0 fully saturated rings. The van der Waals surface area contributed by atoms with E-state index in [0.717, 1.165) is 25.0 Å². The Morgan fingerprint density at radius 1 is 0.600 bits per heavy atom. The van der Waals surface area contributed by atoms with Crippen LogP contribution in [0.2, 0.25) is 0 Å². The summed E-state index contributed by atoms with van der Waals surface area (Å²) in [5.41, 5.74) is 0.523. The van der Waals surface area contributed by atoms with Crippen molar-refractivity contribution in [2.75, 3.05) is 13.2 Å². The average Bonchev–Trinajstić information content (AvgIpc) is 2.61. The van der Waals surface area contributed by atoms with Crippen molar-refractivity contribution in [2.24, 2.45) is 0 Å². The van der Waals surface area contributed by atoms with Crippen molar-refractivity contribution in [3.8, 4) is 5.75 Å². The summed E-state index contributed by atoms with van der Waals surface area (Å²) in [6.07, 6.45) is 11.6. The van der Waals surface area contributed by atoms with Gasteiger partial charge in [0.15, 0.2) is 5.78 Å². The second-order valence-corrected chi connectivity index (χ2v) is 6.73. The molecule has 0 atom stereocenters. The minimum absolute atomic E-state index is 0.194. The maximum absolute atomic E-state index is 12.1. The molecule has 2 bridgehead atoms. The normalized spacial score (nSPS) is 19.5. The zero-order valence-electron chi connectivity index (χ0n) is 15.1.